The van der Waals surface area contributed by atoms with Crippen molar-refractivity contribution in [2.24, 2.45) is 22.7 Å². The Hall–Kier alpha value is -2.39. The Labute approximate surface area is 236 Å². The van der Waals surface area contributed by atoms with Gasteiger partial charge in [0.25, 0.3) is 0 Å². The Bertz CT molecular complexity index is 1300. The van der Waals surface area contributed by atoms with Crippen LogP contribution in [0.3, 0.4) is 0 Å². The fraction of sp³-hybridized carbons (Fsp3) is 0.484. The van der Waals surface area contributed by atoms with Crippen molar-refractivity contribution >= 4 is 16.8 Å². The van der Waals surface area contributed by atoms with Crippen LogP contribution in [0.25, 0.3) is 10.9 Å². The summed E-state index contributed by atoms with van der Waals surface area (Å²) in [5, 5.41) is 11.3. The second-order valence-corrected chi connectivity index (χ2v) is 12.1. The molecule has 1 aromatic heterocycles. The van der Waals surface area contributed by atoms with Crippen molar-refractivity contribution in [2.75, 3.05) is 6.61 Å². The van der Waals surface area contributed by atoms with Gasteiger partial charge in [-0.15, -0.1) is 11.6 Å². The number of aryl methyl sites for hydroxylation is 1. The van der Waals surface area contributed by atoms with E-state index in [1.165, 1.54) is 0 Å². The van der Waals surface area contributed by atoms with Gasteiger partial charge in [-0.1, -0.05) is 66.2 Å². The van der Waals surface area contributed by atoms with E-state index in [1.54, 1.807) is 6.07 Å². The number of benzene rings is 2. The van der Waals surface area contributed by atoms with E-state index in [2.05, 4.69) is 72.5 Å². The van der Waals surface area contributed by atoms with Crippen molar-refractivity contribution in [1.82, 2.24) is 4.98 Å². The summed E-state index contributed by atoms with van der Waals surface area (Å²) < 4.78 is 12.4. The molecule has 0 radical (unpaired) electrons. The first-order valence-corrected chi connectivity index (χ1v) is 12.9. The number of hydrogen-bond acceptors (Lipinski definition) is 5. The average molecular weight is 683 g/mol. The summed E-state index contributed by atoms with van der Waals surface area (Å²) in [7, 11) is 0. The van der Waals surface area contributed by atoms with Gasteiger partial charge in [0.2, 0.25) is 5.88 Å². The second-order valence-electron chi connectivity index (χ2n) is 12.1. The molecule has 0 fully saturated rings. The summed E-state index contributed by atoms with van der Waals surface area (Å²) in [4.78, 5) is 9.69. The summed E-state index contributed by atoms with van der Waals surface area (Å²) >= 11 is 0. The number of aliphatic imine (C=N–C) groups is 1. The maximum Gasteiger partial charge on any atom is 0.217 e. The van der Waals surface area contributed by atoms with E-state index in [0.717, 1.165) is 22.1 Å². The molecule has 0 spiro atoms. The van der Waals surface area contributed by atoms with Crippen molar-refractivity contribution in [2.45, 2.75) is 73.3 Å². The van der Waals surface area contributed by atoms with E-state index in [-0.39, 0.29) is 37.8 Å². The molecule has 5 nitrogen and oxygen atoms in total. The van der Waals surface area contributed by atoms with Gasteiger partial charge in [-0.25, -0.2) is 4.98 Å². The summed E-state index contributed by atoms with van der Waals surface area (Å²) in [5.74, 6) is 3.07. The van der Waals surface area contributed by atoms with Crippen molar-refractivity contribution in [1.29, 1.82) is 0 Å². The van der Waals surface area contributed by atoms with Crippen LogP contribution in [0.5, 0.6) is 17.4 Å². The monoisotopic (exact) mass is 682 g/mol. The number of phenolic OH excluding ortho intramolecular Hbond substituents is 1. The Morgan fingerprint density at radius 3 is 2.35 bits per heavy atom. The molecular weight excluding hydrogens is 643 g/mol. The minimum Gasteiger partial charge on any atom is -0.518 e. The Balaban J connectivity index is 0.00000380. The molecular formula is C31H39N2O3Pt-. The van der Waals surface area contributed by atoms with Crippen LogP contribution in [0, 0.1) is 30.7 Å². The molecule has 1 N–H and O–H groups in total. The molecule has 4 rings (SSSR count). The number of hydrogen-bond donors (Lipinski definition) is 1. The number of aromatic nitrogens is 1. The maximum absolute atomic E-state index is 10.4. The predicted octanol–water partition coefficient (Wildman–Crippen LogP) is 7.60. The molecule has 0 amide bonds. The average Bonchev–Trinajstić information content (AvgIpc) is 3.15. The van der Waals surface area contributed by atoms with E-state index >= 15 is 0 Å². The molecule has 0 unspecified atom stereocenters. The number of aromatic hydroxyl groups is 1. The number of pyridine rings is 1. The maximum atomic E-state index is 10.4. The molecule has 0 saturated heterocycles. The van der Waals surface area contributed by atoms with Crippen LogP contribution in [0.1, 0.15) is 72.1 Å². The smallest absolute Gasteiger partial charge is 0.217 e. The van der Waals surface area contributed by atoms with Crippen LogP contribution in [-0.2, 0) is 31.2 Å². The van der Waals surface area contributed by atoms with Crippen LogP contribution >= 0.6 is 0 Å². The van der Waals surface area contributed by atoms with Crippen molar-refractivity contribution in [3.63, 3.8) is 0 Å². The molecule has 3 aromatic rings. The molecule has 0 saturated carbocycles. The Morgan fingerprint density at radius 1 is 1.05 bits per heavy atom. The van der Waals surface area contributed by atoms with E-state index < -0.39 is 0 Å². The van der Waals surface area contributed by atoms with Crippen molar-refractivity contribution in [3.8, 4) is 17.4 Å². The molecule has 2 aromatic carbocycles. The molecule has 202 valence electrons. The van der Waals surface area contributed by atoms with Gasteiger partial charge in [0, 0.05) is 38.3 Å². The first kappa shape index (κ1) is 29.2. The number of ether oxygens (including phenoxy) is 2. The van der Waals surface area contributed by atoms with Gasteiger partial charge in [-0.3, -0.25) is 4.99 Å². The van der Waals surface area contributed by atoms with E-state index in [9.17, 15) is 5.11 Å². The summed E-state index contributed by atoms with van der Waals surface area (Å²) in [6.07, 6.45) is 0. The van der Waals surface area contributed by atoms with Gasteiger partial charge in [-0.05, 0) is 60.8 Å². The summed E-state index contributed by atoms with van der Waals surface area (Å²) in [5.41, 5.74) is 2.96. The molecule has 2 heterocycles. The third-order valence-electron chi connectivity index (χ3n) is 7.06. The van der Waals surface area contributed by atoms with Crippen LogP contribution < -0.4 is 4.74 Å². The standard InChI is InChI=1S/C31H39N2O3.Pt/c1-18(2)27(19(3)4)31(9)17-35-29(33-31)22-14-23(30(6,7)8)16-24(15-22)36-26-11-10-21-12-20(5)13-25(34)28(21)32-26;/h10-14,16,18-19,27,34H,17H2,1-9H3;/q-1;/t31-;/m1./s1. The molecule has 6 heteroatoms. The largest absolute Gasteiger partial charge is 0.518 e. The van der Waals surface area contributed by atoms with Crippen molar-refractivity contribution in [3.05, 3.63) is 59.2 Å². The number of rotatable bonds is 6. The SMILES string of the molecule is Cc1cc(O)c2nc(Oc3[c-]c(C4=N[C@@](C)(C(C(C)C)C(C)C)CO4)cc(C(C)(C)C)c3)ccc2c1.[Pt]. The fourth-order valence-electron chi connectivity index (χ4n) is 5.69. The topological polar surface area (TPSA) is 63.9 Å². The zero-order valence-corrected chi connectivity index (χ0v) is 25.6. The van der Waals surface area contributed by atoms with E-state index in [0.29, 0.717) is 47.4 Å². The van der Waals surface area contributed by atoms with Gasteiger partial charge >= 0.3 is 0 Å². The van der Waals surface area contributed by atoms with Gasteiger partial charge in [0.1, 0.15) is 23.8 Å². The van der Waals surface area contributed by atoms with Crippen LogP contribution in [0.15, 0.2) is 41.4 Å². The fourth-order valence-corrected chi connectivity index (χ4v) is 5.69. The number of nitrogens with zero attached hydrogens (tertiary/aromatic N) is 2. The van der Waals surface area contributed by atoms with Gasteiger partial charge in [-0.2, -0.15) is 0 Å². The summed E-state index contributed by atoms with van der Waals surface area (Å²) in [6, 6.07) is 14.9. The third kappa shape index (κ3) is 6.20. The van der Waals surface area contributed by atoms with Gasteiger partial charge in [0.15, 0.2) is 0 Å². The molecule has 0 bridgehead atoms. The van der Waals surface area contributed by atoms with Crippen LogP contribution in [-0.4, -0.2) is 28.1 Å². The van der Waals surface area contributed by atoms with E-state index in [4.69, 9.17) is 14.5 Å². The normalized spacial score (nSPS) is 17.8. The molecule has 0 aliphatic carbocycles. The molecule has 1 aliphatic rings. The third-order valence-corrected chi connectivity index (χ3v) is 7.06. The van der Waals surface area contributed by atoms with E-state index in [1.807, 2.05) is 31.2 Å². The zero-order valence-electron chi connectivity index (χ0n) is 23.4. The molecule has 37 heavy (non-hydrogen) atoms. The first-order valence-electron chi connectivity index (χ1n) is 12.9. The second kappa shape index (κ2) is 10.8. The number of phenols is 1. The zero-order chi connectivity index (χ0) is 26.4. The molecule has 1 aliphatic heterocycles. The Kier molecular flexibility index (Phi) is 8.49. The minimum absolute atomic E-state index is 0. The van der Waals surface area contributed by atoms with Crippen LogP contribution in [0.4, 0.5) is 0 Å². The minimum atomic E-state index is -0.292. The number of fused-ring (bicyclic) bond motifs is 1. The molecule has 1 atom stereocenters. The quantitative estimate of drug-likeness (QED) is 0.272. The predicted molar refractivity (Wildman–Crippen MR) is 146 cm³/mol. The summed E-state index contributed by atoms with van der Waals surface area (Å²) in [6.45, 7) is 20.2. The Morgan fingerprint density at radius 2 is 1.73 bits per heavy atom. The van der Waals surface area contributed by atoms with Gasteiger partial charge < -0.3 is 14.6 Å². The van der Waals surface area contributed by atoms with Crippen LogP contribution in [0.2, 0.25) is 0 Å². The van der Waals surface area contributed by atoms with Crippen molar-refractivity contribution < 1.29 is 35.6 Å². The van der Waals surface area contributed by atoms with Gasteiger partial charge in [0.05, 0.1) is 5.54 Å². The first-order chi connectivity index (χ1) is 16.8.